The summed E-state index contributed by atoms with van der Waals surface area (Å²) >= 11 is 5.14. The predicted molar refractivity (Wildman–Crippen MR) is 72.2 cm³/mol. The molecule has 6 heteroatoms. The van der Waals surface area contributed by atoms with Gasteiger partial charge in [-0.1, -0.05) is 0 Å². The van der Waals surface area contributed by atoms with Gasteiger partial charge in [-0.25, -0.2) is 0 Å². The van der Waals surface area contributed by atoms with Crippen LogP contribution in [-0.2, 0) is 11.3 Å². The second kappa shape index (κ2) is 5.77. The van der Waals surface area contributed by atoms with Crippen molar-refractivity contribution in [2.75, 3.05) is 13.7 Å². The maximum Gasteiger partial charge on any atom is 0.0742 e. The van der Waals surface area contributed by atoms with Gasteiger partial charge in [-0.05, 0) is 38.3 Å². The Labute approximate surface area is 113 Å². The number of rotatable bonds is 5. The smallest absolute Gasteiger partial charge is 0.0742 e. The van der Waals surface area contributed by atoms with Crippen LogP contribution < -0.4 is 5.73 Å². The molecule has 0 fully saturated rings. The van der Waals surface area contributed by atoms with Gasteiger partial charge < -0.3 is 10.5 Å². The number of ether oxygens (including phenoxy) is 1. The zero-order valence-corrected chi connectivity index (χ0v) is 11.9. The van der Waals surface area contributed by atoms with Crippen LogP contribution in [0.15, 0.2) is 27.5 Å². The quantitative estimate of drug-likeness (QED) is 0.921. The fraction of sp³-hybridized carbons (Fsp3) is 0.364. The number of methoxy groups -OCH3 is 1. The predicted octanol–water partition coefficient (Wildman–Crippen LogP) is 2.40. The second-order valence-corrected chi connectivity index (χ2v) is 5.26. The van der Waals surface area contributed by atoms with E-state index in [1.54, 1.807) is 24.6 Å². The molecule has 1 unspecified atom stereocenters. The summed E-state index contributed by atoms with van der Waals surface area (Å²) in [7, 11) is 1.68. The van der Waals surface area contributed by atoms with Gasteiger partial charge in [0.2, 0.25) is 0 Å². The molecule has 2 N–H and O–H groups in total. The van der Waals surface area contributed by atoms with Gasteiger partial charge in [-0.3, -0.25) is 4.68 Å². The monoisotopic (exact) mass is 315 g/mol. The van der Waals surface area contributed by atoms with E-state index < -0.39 is 0 Å². The fourth-order valence-corrected chi connectivity index (χ4v) is 2.89. The molecule has 2 heterocycles. The highest BCUT2D eigenvalue weighted by Gasteiger charge is 2.18. The average molecular weight is 316 g/mol. The third-order valence-electron chi connectivity index (χ3n) is 2.54. The van der Waals surface area contributed by atoms with Gasteiger partial charge >= 0.3 is 0 Å². The number of thiophene rings is 1. The Bertz CT molecular complexity index is 469. The summed E-state index contributed by atoms with van der Waals surface area (Å²) in [5.41, 5.74) is 8.35. The van der Waals surface area contributed by atoms with Crippen molar-refractivity contribution in [3.05, 3.63) is 38.8 Å². The van der Waals surface area contributed by atoms with Crippen LogP contribution >= 0.6 is 27.3 Å². The molecule has 92 valence electrons. The van der Waals surface area contributed by atoms with Gasteiger partial charge in [0.15, 0.2) is 0 Å². The number of nitrogens with two attached hydrogens (primary N) is 1. The van der Waals surface area contributed by atoms with E-state index in [0.29, 0.717) is 13.2 Å². The van der Waals surface area contributed by atoms with Crippen LogP contribution in [-0.4, -0.2) is 23.5 Å². The molecule has 0 spiro atoms. The van der Waals surface area contributed by atoms with Crippen LogP contribution in [0.3, 0.4) is 0 Å². The number of halogens is 1. The first-order valence-electron chi connectivity index (χ1n) is 5.22. The standard InChI is InChI=1S/C11H14BrN3OS/c1-16-4-3-15-11(9(12)6-14-15)10(13)8-2-5-17-7-8/h2,5-7,10H,3-4,13H2,1H3. The highest BCUT2D eigenvalue weighted by molar-refractivity contribution is 9.10. The lowest BCUT2D eigenvalue weighted by Gasteiger charge is -2.14. The zero-order chi connectivity index (χ0) is 12.3. The first-order chi connectivity index (χ1) is 8.24. The molecule has 17 heavy (non-hydrogen) atoms. The van der Waals surface area contributed by atoms with E-state index in [1.807, 2.05) is 16.1 Å². The van der Waals surface area contributed by atoms with E-state index in [-0.39, 0.29) is 6.04 Å². The van der Waals surface area contributed by atoms with Crippen molar-refractivity contribution in [3.63, 3.8) is 0 Å². The molecule has 0 aliphatic heterocycles. The molecule has 2 aromatic rings. The Hall–Kier alpha value is -0.690. The second-order valence-electron chi connectivity index (χ2n) is 3.63. The van der Waals surface area contributed by atoms with Crippen molar-refractivity contribution in [1.82, 2.24) is 9.78 Å². The molecule has 4 nitrogen and oxygen atoms in total. The van der Waals surface area contributed by atoms with Crippen molar-refractivity contribution in [3.8, 4) is 0 Å². The van der Waals surface area contributed by atoms with Gasteiger partial charge in [-0.15, -0.1) is 0 Å². The molecule has 0 saturated carbocycles. The summed E-state index contributed by atoms with van der Waals surface area (Å²) in [5, 5.41) is 8.38. The molecule has 0 saturated heterocycles. The van der Waals surface area contributed by atoms with Gasteiger partial charge in [0.1, 0.15) is 0 Å². The largest absolute Gasteiger partial charge is 0.383 e. The summed E-state index contributed by atoms with van der Waals surface area (Å²) in [6.07, 6.45) is 1.78. The lowest BCUT2D eigenvalue weighted by Crippen LogP contribution is -2.19. The topological polar surface area (TPSA) is 53.1 Å². The van der Waals surface area contributed by atoms with E-state index in [2.05, 4.69) is 26.4 Å². The maximum absolute atomic E-state index is 6.25. The van der Waals surface area contributed by atoms with Crippen molar-refractivity contribution >= 4 is 27.3 Å². The highest BCUT2D eigenvalue weighted by Crippen LogP contribution is 2.27. The normalized spacial score (nSPS) is 12.9. The summed E-state index contributed by atoms with van der Waals surface area (Å²) in [5.74, 6) is 0. The first kappa shape index (κ1) is 12.8. The summed E-state index contributed by atoms with van der Waals surface area (Å²) in [6.45, 7) is 1.33. The van der Waals surface area contributed by atoms with E-state index in [4.69, 9.17) is 10.5 Å². The molecule has 2 rings (SSSR count). The van der Waals surface area contributed by atoms with E-state index >= 15 is 0 Å². The van der Waals surface area contributed by atoms with Gasteiger partial charge in [0.05, 0.1) is 35.6 Å². The minimum absolute atomic E-state index is 0.157. The van der Waals surface area contributed by atoms with E-state index in [1.165, 1.54) is 0 Å². The Morgan fingerprint density at radius 1 is 1.65 bits per heavy atom. The van der Waals surface area contributed by atoms with Crippen LogP contribution in [0.5, 0.6) is 0 Å². The van der Waals surface area contributed by atoms with Crippen LogP contribution in [0.1, 0.15) is 17.3 Å². The third-order valence-corrected chi connectivity index (χ3v) is 3.85. The molecule has 0 radical (unpaired) electrons. The van der Waals surface area contributed by atoms with Crippen molar-refractivity contribution in [2.24, 2.45) is 5.73 Å². The summed E-state index contributed by atoms with van der Waals surface area (Å²) < 4.78 is 7.89. The first-order valence-corrected chi connectivity index (χ1v) is 6.95. The van der Waals surface area contributed by atoms with Crippen LogP contribution in [0.4, 0.5) is 0 Å². The van der Waals surface area contributed by atoms with Gasteiger partial charge in [-0.2, -0.15) is 16.4 Å². The maximum atomic E-state index is 6.25. The third kappa shape index (κ3) is 2.77. The number of hydrogen-bond donors (Lipinski definition) is 1. The van der Waals surface area contributed by atoms with E-state index in [0.717, 1.165) is 15.7 Å². The van der Waals surface area contributed by atoms with Gasteiger partial charge in [0, 0.05) is 7.11 Å². The number of aromatic nitrogens is 2. The molecule has 0 aliphatic carbocycles. The number of hydrogen-bond acceptors (Lipinski definition) is 4. The SMILES string of the molecule is COCCn1ncc(Br)c1C(N)c1ccsc1. The zero-order valence-electron chi connectivity index (χ0n) is 9.47. The molecule has 1 atom stereocenters. The van der Waals surface area contributed by atoms with Crippen LogP contribution in [0.25, 0.3) is 0 Å². The highest BCUT2D eigenvalue weighted by atomic mass is 79.9. The van der Waals surface area contributed by atoms with Crippen molar-refractivity contribution < 1.29 is 4.74 Å². The summed E-state index contributed by atoms with van der Waals surface area (Å²) in [6, 6.07) is 1.88. The Morgan fingerprint density at radius 3 is 3.12 bits per heavy atom. The number of nitrogens with zero attached hydrogens (tertiary/aromatic N) is 2. The minimum atomic E-state index is -0.157. The Kier molecular flexibility index (Phi) is 4.33. The van der Waals surface area contributed by atoms with Crippen LogP contribution in [0, 0.1) is 0 Å². The molecule has 0 aliphatic rings. The lowest BCUT2D eigenvalue weighted by molar-refractivity contribution is 0.182. The molecule has 0 bridgehead atoms. The molecular formula is C11H14BrN3OS. The van der Waals surface area contributed by atoms with Crippen molar-refractivity contribution in [2.45, 2.75) is 12.6 Å². The van der Waals surface area contributed by atoms with Crippen molar-refractivity contribution in [1.29, 1.82) is 0 Å². The van der Waals surface area contributed by atoms with E-state index in [9.17, 15) is 0 Å². The fourth-order valence-electron chi connectivity index (χ4n) is 1.65. The van der Waals surface area contributed by atoms with Gasteiger partial charge in [0.25, 0.3) is 0 Å². The summed E-state index contributed by atoms with van der Waals surface area (Å²) in [4.78, 5) is 0. The molecule has 2 aromatic heterocycles. The molecule has 0 amide bonds. The molecular weight excluding hydrogens is 302 g/mol. The average Bonchev–Trinajstić information content (AvgIpc) is 2.95. The Balaban J connectivity index is 2.27. The minimum Gasteiger partial charge on any atom is -0.383 e. The van der Waals surface area contributed by atoms with Crippen LogP contribution in [0.2, 0.25) is 0 Å². The molecule has 0 aromatic carbocycles. The Morgan fingerprint density at radius 2 is 2.47 bits per heavy atom. The lowest BCUT2D eigenvalue weighted by atomic mass is 10.1.